The first kappa shape index (κ1) is 16.3. The van der Waals surface area contributed by atoms with Crippen molar-refractivity contribution < 1.29 is 14.5 Å². The number of carbonyl (C=O) groups is 1. The van der Waals surface area contributed by atoms with E-state index in [0.29, 0.717) is 26.3 Å². The van der Waals surface area contributed by atoms with Crippen LogP contribution in [0, 0.1) is 10.1 Å². The van der Waals surface area contributed by atoms with Gasteiger partial charge in [-0.25, -0.2) is 4.98 Å². The Labute approximate surface area is 140 Å². The lowest BCUT2D eigenvalue weighted by atomic mass is 10.2. The molecule has 1 fully saturated rings. The van der Waals surface area contributed by atoms with E-state index in [1.165, 1.54) is 6.33 Å². The molecular formula is C14H13ClN4O5. The van der Waals surface area contributed by atoms with Gasteiger partial charge in [0.1, 0.15) is 6.54 Å². The lowest BCUT2D eigenvalue weighted by Crippen LogP contribution is -2.43. The molecule has 3 rings (SSSR count). The van der Waals surface area contributed by atoms with Crippen LogP contribution in [0.15, 0.2) is 23.3 Å². The summed E-state index contributed by atoms with van der Waals surface area (Å²) in [6.07, 6.45) is 1.22. The van der Waals surface area contributed by atoms with E-state index in [2.05, 4.69) is 4.98 Å². The Morgan fingerprint density at radius 3 is 2.75 bits per heavy atom. The molecule has 0 bridgehead atoms. The number of ether oxygens (including phenoxy) is 1. The number of halogens is 1. The first-order valence-corrected chi connectivity index (χ1v) is 7.54. The van der Waals surface area contributed by atoms with Gasteiger partial charge in [0, 0.05) is 25.2 Å². The molecule has 2 aromatic rings. The number of nitro groups is 1. The molecule has 0 atom stereocenters. The monoisotopic (exact) mass is 352 g/mol. The normalized spacial score (nSPS) is 14.8. The number of hydrogen-bond donors (Lipinski definition) is 0. The highest BCUT2D eigenvalue weighted by Gasteiger charge is 2.19. The lowest BCUT2D eigenvalue weighted by Gasteiger charge is -2.27. The Bertz CT molecular complexity index is 875. The van der Waals surface area contributed by atoms with Gasteiger partial charge in [0.15, 0.2) is 0 Å². The van der Waals surface area contributed by atoms with Gasteiger partial charge in [-0.2, -0.15) is 0 Å². The number of amides is 1. The van der Waals surface area contributed by atoms with Crippen LogP contribution in [0.1, 0.15) is 0 Å². The summed E-state index contributed by atoms with van der Waals surface area (Å²) in [7, 11) is 0. The predicted octanol–water partition coefficient (Wildman–Crippen LogP) is 0.817. The molecule has 1 aromatic heterocycles. The average molecular weight is 353 g/mol. The van der Waals surface area contributed by atoms with Gasteiger partial charge in [-0.05, 0) is 0 Å². The minimum atomic E-state index is -0.638. The highest BCUT2D eigenvalue weighted by molar-refractivity contribution is 6.35. The molecule has 1 amide bonds. The Hall–Kier alpha value is -2.52. The summed E-state index contributed by atoms with van der Waals surface area (Å²) in [5.74, 6) is -0.238. The van der Waals surface area contributed by atoms with Gasteiger partial charge < -0.3 is 9.64 Å². The number of aromatic nitrogens is 2. The van der Waals surface area contributed by atoms with Gasteiger partial charge >= 0.3 is 0 Å². The standard InChI is InChI=1S/C14H13ClN4O5/c15-11-6-9(19(22)23)5-10-13(11)16-8-18(14(10)21)7-12(20)17-1-3-24-4-2-17/h5-6,8H,1-4,7H2. The second-order valence-corrected chi connectivity index (χ2v) is 5.66. The largest absolute Gasteiger partial charge is 0.378 e. The van der Waals surface area contributed by atoms with Crippen LogP contribution in [-0.2, 0) is 16.1 Å². The van der Waals surface area contributed by atoms with Crippen molar-refractivity contribution in [3.05, 3.63) is 44.0 Å². The van der Waals surface area contributed by atoms with E-state index in [1.807, 2.05) is 0 Å². The molecule has 2 heterocycles. The Kier molecular flexibility index (Phi) is 4.45. The minimum Gasteiger partial charge on any atom is -0.378 e. The minimum absolute atomic E-state index is 0.00600. The van der Waals surface area contributed by atoms with Gasteiger partial charge in [0.05, 0.1) is 40.4 Å². The molecular weight excluding hydrogens is 340 g/mol. The van der Waals surface area contributed by atoms with E-state index in [1.54, 1.807) is 4.90 Å². The summed E-state index contributed by atoms with van der Waals surface area (Å²) in [6.45, 7) is 1.65. The van der Waals surface area contributed by atoms with Crippen molar-refractivity contribution in [2.75, 3.05) is 26.3 Å². The van der Waals surface area contributed by atoms with Gasteiger partial charge in [0.2, 0.25) is 5.91 Å². The zero-order valence-corrected chi connectivity index (χ0v) is 13.2. The highest BCUT2D eigenvalue weighted by Crippen LogP contribution is 2.25. The molecule has 1 aliphatic rings. The Morgan fingerprint density at radius 1 is 1.38 bits per heavy atom. The SMILES string of the molecule is O=C(Cn1cnc2c(Cl)cc([N+](=O)[O-])cc2c1=O)N1CCOCC1. The van der Waals surface area contributed by atoms with Crippen molar-refractivity contribution in [2.45, 2.75) is 6.54 Å². The Morgan fingerprint density at radius 2 is 2.08 bits per heavy atom. The molecule has 0 saturated carbocycles. The zero-order valence-electron chi connectivity index (χ0n) is 12.5. The van der Waals surface area contributed by atoms with E-state index < -0.39 is 10.5 Å². The molecule has 1 aliphatic heterocycles. The van der Waals surface area contributed by atoms with E-state index in [-0.39, 0.29) is 34.1 Å². The third-order valence-corrected chi connectivity index (χ3v) is 4.03. The average Bonchev–Trinajstić information content (AvgIpc) is 2.58. The van der Waals surface area contributed by atoms with Crippen molar-refractivity contribution in [1.29, 1.82) is 0 Å². The van der Waals surface area contributed by atoms with Crippen LogP contribution in [0.3, 0.4) is 0 Å². The molecule has 126 valence electrons. The number of nitrogens with zero attached hydrogens (tertiary/aromatic N) is 4. The summed E-state index contributed by atoms with van der Waals surface area (Å²) < 4.78 is 6.30. The van der Waals surface area contributed by atoms with Crippen molar-refractivity contribution in [3.8, 4) is 0 Å². The van der Waals surface area contributed by atoms with Crippen molar-refractivity contribution >= 4 is 34.1 Å². The summed E-state index contributed by atoms with van der Waals surface area (Å²) in [4.78, 5) is 40.7. The van der Waals surface area contributed by atoms with Crippen molar-refractivity contribution in [3.63, 3.8) is 0 Å². The van der Waals surface area contributed by atoms with Gasteiger partial charge in [-0.3, -0.25) is 24.3 Å². The number of non-ortho nitro benzene ring substituents is 1. The molecule has 1 saturated heterocycles. The number of nitro benzene ring substituents is 1. The summed E-state index contributed by atoms with van der Waals surface area (Å²) in [5, 5.41) is 10.9. The topological polar surface area (TPSA) is 108 Å². The second-order valence-electron chi connectivity index (χ2n) is 5.25. The van der Waals surface area contributed by atoms with Gasteiger partial charge in [-0.15, -0.1) is 0 Å². The zero-order chi connectivity index (χ0) is 17.3. The molecule has 0 unspecified atom stereocenters. The molecule has 0 spiro atoms. The summed E-state index contributed by atoms with van der Waals surface area (Å²) in [6, 6.07) is 2.26. The lowest BCUT2D eigenvalue weighted by molar-refractivity contribution is -0.384. The maximum Gasteiger partial charge on any atom is 0.271 e. The predicted molar refractivity (Wildman–Crippen MR) is 85.1 cm³/mol. The second kappa shape index (κ2) is 6.54. The van der Waals surface area contributed by atoms with Crippen LogP contribution in [0.5, 0.6) is 0 Å². The van der Waals surface area contributed by atoms with E-state index in [0.717, 1.165) is 16.7 Å². The third kappa shape index (κ3) is 3.08. The van der Waals surface area contributed by atoms with Gasteiger partial charge in [0.25, 0.3) is 11.2 Å². The fraction of sp³-hybridized carbons (Fsp3) is 0.357. The van der Waals surface area contributed by atoms with Crippen LogP contribution in [0.25, 0.3) is 10.9 Å². The molecule has 10 heteroatoms. The van der Waals surface area contributed by atoms with E-state index >= 15 is 0 Å². The maximum absolute atomic E-state index is 12.5. The third-order valence-electron chi connectivity index (χ3n) is 3.75. The van der Waals surface area contributed by atoms with Crippen LogP contribution >= 0.6 is 11.6 Å². The first-order chi connectivity index (χ1) is 11.5. The number of fused-ring (bicyclic) bond motifs is 1. The number of hydrogen-bond acceptors (Lipinski definition) is 6. The maximum atomic E-state index is 12.5. The van der Waals surface area contributed by atoms with Gasteiger partial charge in [-0.1, -0.05) is 11.6 Å². The van der Waals surface area contributed by atoms with E-state index in [9.17, 15) is 19.7 Å². The van der Waals surface area contributed by atoms with Crippen molar-refractivity contribution in [2.24, 2.45) is 0 Å². The Balaban J connectivity index is 1.97. The number of carbonyl (C=O) groups excluding carboxylic acids is 1. The first-order valence-electron chi connectivity index (χ1n) is 7.16. The summed E-state index contributed by atoms with van der Waals surface area (Å²) in [5.41, 5.74) is -0.682. The fourth-order valence-electron chi connectivity index (χ4n) is 2.49. The fourth-order valence-corrected chi connectivity index (χ4v) is 2.75. The number of rotatable bonds is 3. The van der Waals surface area contributed by atoms with Crippen LogP contribution in [-0.4, -0.2) is 51.6 Å². The van der Waals surface area contributed by atoms with Crippen LogP contribution in [0.2, 0.25) is 5.02 Å². The van der Waals surface area contributed by atoms with Crippen LogP contribution in [0.4, 0.5) is 5.69 Å². The smallest absolute Gasteiger partial charge is 0.271 e. The molecule has 24 heavy (non-hydrogen) atoms. The van der Waals surface area contributed by atoms with Crippen molar-refractivity contribution in [1.82, 2.24) is 14.5 Å². The molecule has 0 radical (unpaired) electrons. The highest BCUT2D eigenvalue weighted by atomic mass is 35.5. The van der Waals surface area contributed by atoms with E-state index in [4.69, 9.17) is 16.3 Å². The molecule has 0 aliphatic carbocycles. The molecule has 1 aromatic carbocycles. The molecule has 9 nitrogen and oxygen atoms in total. The van der Waals surface area contributed by atoms with Crippen LogP contribution < -0.4 is 5.56 Å². The summed E-state index contributed by atoms with van der Waals surface area (Å²) >= 11 is 5.95. The molecule has 0 N–H and O–H groups in total. The number of morpholine rings is 1. The quantitative estimate of drug-likeness (QED) is 0.597. The number of benzene rings is 1.